The van der Waals surface area contributed by atoms with E-state index in [0.29, 0.717) is 16.1 Å². The number of thioether (sulfide) groups is 1. The van der Waals surface area contributed by atoms with E-state index < -0.39 is 11.2 Å². The van der Waals surface area contributed by atoms with Crippen LogP contribution in [-0.2, 0) is 26.3 Å². The van der Waals surface area contributed by atoms with E-state index in [1.54, 1.807) is 37.3 Å². The quantitative estimate of drug-likeness (QED) is 0.230. The highest BCUT2D eigenvalue weighted by Gasteiger charge is 2.38. The van der Waals surface area contributed by atoms with Gasteiger partial charge >= 0.3 is 5.97 Å². The summed E-state index contributed by atoms with van der Waals surface area (Å²) in [5, 5.41) is 0.178. The van der Waals surface area contributed by atoms with E-state index in [9.17, 15) is 14.4 Å². The van der Waals surface area contributed by atoms with Crippen LogP contribution in [0.15, 0.2) is 70.3 Å². The van der Waals surface area contributed by atoms with Crippen molar-refractivity contribution in [2.45, 2.75) is 43.1 Å². The van der Waals surface area contributed by atoms with Crippen molar-refractivity contribution in [1.82, 2.24) is 9.55 Å². The van der Waals surface area contributed by atoms with Crippen LogP contribution in [0.25, 0.3) is 10.9 Å². The second-order valence-corrected chi connectivity index (χ2v) is 10.1. The number of carbonyl (C=O) groups is 2. The lowest BCUT2D eigenvalue weighted by molar-refractivity contribution is -0.141. The number of para-hydroxylation sites is 2. The van der Waals surface area contributed by atoms with Crippen LogP contribution in [-0.4, -0.2) is 40.7 Å². The van der Waals surface area contributed by atoms with Gasteiger partial charge in [-0.05, 0) is 30.7 Å². The first kappa shape index (κ1) is 23.8. The van der Waals surface area contributed by atoms with Gasteiger partial charge in [0.15, 0.2) is 10.9 Å². The van der Waals surface area contributed by atoms with Crippen molar-refractivity contribution < 1.29 is 14.3 Å². The molecule has 1 aliphatic rings. The molecule has 1 aliphatic heterocycles. The van der Waals surface area contributed by atoms with Gasteiger partial charge in [0.1, 0.15) is 6.54 Å². The standard InChI is InChI=1S/C26H27N3O4S/c1-16(21(30)14-22-26(2,3)18-11-7-9-13-20(18)28(22)4)34-25-27-19-12-8-6-10-17(19)24(32)29(25)15-23(31)33-5/h6-14,16H,15H2,1-5H3/b22-14+. The maximum Gasteiger partial charge on any atom is 0.325 e. The molecule has 0 radical (unpaired) electrons. The van der Waals surface area contributed by atoms with E-state index >= 15 is 0 Å². The number of carbonyl (C=O) groups excluding carboxylic acids is 2. The number of esters is 1. The molecule has 0 saturated heterocycles. The molecule has 1 atom stereocenters. The maximum atomic E-state index is 13.3. The van der Waals surface area contributed by atoms with E-state index in [1.807, 2.05) is 30.1 Å². The highest BCUT2D eigenvalue weighted by atomic mass is 32.2. The fourth-order valence-corrected chi connectivity index (χ4v) is 5.22. The van der Waals surface area contributed by atoms with Crippen molar-refractivity contribution in [2.24, 2.45) is 0 Å². The highest BCUT2D eigenvalue weighted by Crippen LogP contribution is 2.46. The van der Waals surface area contributed by atoms with Crippen molar-refractivity contribution in [3.05, 3.63) is 76.2 Å². The molecule has 176 valence electrons. The normalized spacial score (nSPS) is 16.5. The van der Waals surface area contributed by atoms with E-state index in [0.717, 1.165) is 23.1 Å². The molecule has 0 N–H and O–H groups in total. The zero-order valence-electron chi connectivity index (χ0n) is 19.9. The average molecular weight is 478 g/mol. The topological polar surface area (TPSA) is 81.5 Å². The summed E-state index contributed by atoms with van der Waals surface area (Å²) in [4.78, 5) is 45.0. The Morgan fingerprint density at radius 3 is 2.53 bits per heavy atom. The summed E-state index contributed by atoms with van der Waals surface area (Å²) >= 11 is 1.16. The minimum absolute atomic E-state index is 0.0974. The van der Waals surface area contributed by atoms with Crippen LogP contribution >= 0.6 is 11.8 Å². The third kappa shape index (κ3) is 4.14. The molecule has 3 aromatic rings. The lowest BCUT2D eigenvalue weighted by Crippen LogP contribution is -2.29. The van der Waals surface area contributed by atoms with E-state index in [1.165, 1.54) is 17.2 Å². The molecule has 8 heteroatoms. The van der Waals surface area contributed by atoms with Crippen LogP contribution in [0.3, 0.4) is 0 Å². The van der Waals surface area contributed by atoms with Gasteiger partial charge in [-0.2, -0.15) is 0 Å². The number of fused-ring (bicyclic) bond motifs is 2. The Balaban J connectivity index is 1.68. The average Bonchev–Trinajstić information content (AvgIpc) is 3.02. The van der Waals surface area contributed by atoms with Crippen molar-refractivity contribution in [1.29, 1.82) is 0 Å². The largest absolute Gasteiger partial charge is 0.468 e. The number of ether oxygens (including phenoxy) is 1. The van der Waals surface area contributed by atoms with Gasteiger partial charge in [0.2, 0.25) is 0 Å². The summed E-state index contributed by atoms with van der Waals surface area (Å²) < 4.78 is 6.04. The van der Waals surface area contributed by atoms with Gasteiger partial charge < -0.3 is 9.64 Å². The van der Waals surface area contributed by atoms with Gasteiger partial charge in [0.05, 0.1) is 23.3 Å². The smallest absolute Gasteiger partial charge is 0.325 e. The maximum absolute atomic E-state index is 13.3. The Morgan fingerprint density at radius 1 is 1.15 bits per heavy atom. The fourth-order valence-electron chi connectivity index (χ4n) is 4.30. The summed E-state index contributed by atoms with van der Waals surface area (Å²) in [6, 6.07) is 15.1. The molecule has 2 heterocycles. The molecule has 4 rings (SSSR count). The monoisotopic (exact) mass is 477 g/mol. The number of rotatable bonds is 6. The molecule has 0 amide bonds. The van der Waals surface area contributed by atoms with Gasteiger partial charge in [-0.3, -0.25) is 19.0 Å². The molecule has 2 aromatic carbocycles. The number of ketones is 1. The molecule has 0 saturated carbocycles. The van der Waals surface area contributed by atoms with Gasteiger partial charge in [-0.15, -0.1) is 0 Å². The number of anilines is 1. The number of benzene rings is 2. The van der Waals surface area contributed by atoms with Crippen molar-refractivity contribution in [3.8, 4) is 0 Å². The van der Waals surface area contributed by atoms with Crippen molar-refractivity contribution in [2.75, 3.05) is 19.1 Å². The molecule has 0 aliphatic carbocycles. The number of allylic oxidation sites excluding steroid dienone is 2. The zero-order chi connectivity index (χ0) is 24.6. The number of hydrogen-bond acceptors (Lipinski definition) is 7. The van der Waals surface area contributed by atoms with Gasteiger partial charge in [-0.1, -0.05) is 55.9 Å². The third-order valence-electron chi connectivity index (χ3n) is 6.24. The molecule has 34 heavy (non-hydrogen) atoms. The first-order valence-electron chi connectivity index (χ1n) is 11.0. The van der Waals surface area contributed by atoms with Crippen molar-refractivity contribution >= 4 is 40.1 Å². The molecule has 0 fully saturated rings. The summed E-state index contributed by atoms with van der Waals surface area (Å²) in [6.07, 6.45) is 1.68. The fraction of sp³-hybridized carbons (Fsp3) is 0.308. The second kappa shape index (κ2) is 9.10. The minimum Gasteiger partial charge on any atom is -0.468 e. The van der Waals surface area contributed by atoms with Crippen LogP contribution in [0.2, 0.25) is 0 Å². The summed E-state index contributed by atoms with van der Waals surface area (Å²) in [7, 11) is 3.23. The molecule has 7 nitrogen and oxygen atoms in total. The predicted molar refractivity (Wildman–Crippen MR) is 134 cm³/mol. The Morgan fingerprint density at radius 2 is 1.82 bits per heavy atom. The first-order chi connectivity index (χ1) is 16.1. The number of methoxy groups -OCH3 is 1. The van der Waals surface area contributed by atoms with Crippen molar-refractivity contribution in [3.63, 3.8) is 0 Å². The number of hydrogen-bond donors (Lipinski definition) is 0. The van der Waals surface area contributed by atoms with Gasteiger partial charge in [0.25, 0.3) is 5.56 Å². The summed E-state index contributed by atoms with van der Waals surface area (Å²) in [6.45, 7) is 5.71. The second-order valence-electron chi connectivity index (χ2n) is 8.77. The van der Waals surface area contributed by atoms with Crippen LogP contribution < -0.4 is 10.5 Å². The SMILES string of the molecule is COC(=O)Cn1c(SC(C)C(=O)/C=C2/N(C)c3ccccc3C2(C)C)nc2ccccc2c1=O. The van der Waals surface area contributed by atoms with E-state index in [4.69, 9.17) is 4.74 Å². The van der Waals surface area contributed by atoms with Crippen LogP contribution in [0.1, 0.15) is 26.3 Å². The minimum atomic E-state index is -0.561. The van der Waals surface area contributed by atoms with E-state index in [2.05, 4.69) is 24.9 Å². The number of likely N-dealkylation sites (N-methyl/N-ethyl adjacent to an activating group) is 1. The zero-order valence-corrected chi connectivity index (χ0v) is 20.7. The number of nitrogens with zero attached hydrogens (tertiary/aromatic N) is 3. The lowest BCUT2D eigenvalue weighted by atomic mass is 9.83. The van der Waals surface area contributed by atoms with Crippen LogP contribution in [0.5, 0.6) is 0 Å². The molecular formula is C26H27N3O4S. The van der Waals surface area contributed by atoms with Gasteiger partial charge in [-0.25, -0.2) is 4.98 Å². The van der Waals surface area contributed by atoms with E-state index in [-0.39, 0.29) is 23.3 Å². The highest BCUT2D eigenvalue weighted by molar-refractivity contribution is 8.00. The summed E-state index contributed by atoms with van der Waals surface area (Å²) in [5.74, 6) is -0.658. The summed E-state index contributed by atoms with van der Waals surface area (Å²) in [5.41, 5.74) is 3.00. The third-order valence-corrected chi connectivity index (χ3v) is 7.35. The molecule has 1 unspecified atom stereocenters. The first-order valence-corrected chi connectivity index (χ1v) is 11.9. The van der Waals surface area contributed by atoms with Gasteiger partial charge in [0, 0.05) is 29.9 Å². The van der Waals surface area contributed by atoms with Crippen LogP contribution in [0.4, 0.5) is 5.69 Å². The molecule has 0 bridgehead atoms. The lowest BCUT2D eigenvalue weighted by Gasteiger charge is -2.24. The number of aromatic nitrogens is 2. The Hall–Kier alpha value is -3.39. The molecular weight excluding hydrogens is 450 g/mol. The molecule has 1 aromatic heterocycles. The predicted octanol–water partition coefficient (Wildman–Crippen LogP) is 3.93. The Labute approximate surface area is 202 Å². The van der Waals surface area contributed by atoms with Crippen LogP contribution in [0, 0.1) is 0 Å². The Bertz CT molecular complexity index is 1380. The Kier molecular flexibility index (Phi) is 6.36. The molecule has 0 spiro atoms.